The highest BCUT2D eigenvalue weighted by Crippen LogP contribution is 2.42. The van der Waals surface area contributed by atoms with Crippen LogP contribution in [0.2, 0.25) is 0 Å². The van der Waals surface area contributed by atoms with Crippen LogP contribution in [-0.4, -0.2) is 12.4 Å². The number of hydrogen-bond acceptors (Lipinski definition) is 3. The molecular formula is C13H10O2S. The minimum absolute atomic E-state index is 0.0824. The van der Waals surface area contributed by atoms with E-state index in [4.69, 9.17) is 4.74 Å². The summed E-state index contributed by atoms with van der Waals surface area (Å²) in [4.78, 5) is 11.7. The summed E-state index contributed by atoms with van der Waals surface area (Å²) in [6.07, 6.45) is 3.48. The largest absolute Gasteiger partial charge is 0.484 e. The molecule has 80 valence electrons. The Labute approximate surface area is 97.2 Å². The topological polar surface area (TPSA) is 26.3 Å². The number of benzene rings is 1. The van der Waals surface area contributed by atoms with Crippen molar-refractivity contribution in [1.29, 1.82) is 0 Å². The zero-order chi connectivity index (χ0) is 11.1. The number of carbonyl (C=O) groups is 1. The Morgan fingerprint density at radius 1 is 1.31 bits per heavy atom. The van der Waals surface area contributed by atoms with Crippen LogP contribution < -0.4 is 4.74 Å². The van der Waals surface area contributed by atoms with Crippen molar-refractivity contribution in [3.05, 3.63) is 35.4 Å². The summed E-state index contributed by atoms with van der Waals surface area (Å²) >= 11 is 1.60. The van der Waals surface area contributed by atoms with Gasteiger partial charge in [-0.1, -0.05) is 23.5 Å². The van der Waals surface area contributed by atoms with Gasteiger partial charge in [-0.05, 0) is 25.1 Å². The van der Waals surface area contributed by atoms with E-state index in [1.165, 1.54) is 0 Å². The van der Waals surface area contributed by atoms with E-state index < -0.39 is 0 Å². The molecule has 1 heterocycles. The van der Waals surface area contributed by atoms with Crippen LogP contribution in [0.3, 0.4) is 0 Å². The third-order valence-corrected chi connectivity index (χ3v) is 3.74. The maximum Gasteiger partial charge on any atom is 0.186 e. The summed E-state index contributed by atoms with van der Waals surface area (Å²) in [6, 6.07) is 5.83. The summed E-state index contributed by atoms with van der Waals surface area (Å²) in [5.41, 5.74) is 1.84. The smallest absolute Gasteiger partial charge is 0.186 e. The predicted molar refractivity (Wildman–Crippen MR) is 66.4 cm³/mol. The van der Waals surface area contributed by atoms with E-state index in [-0.39, 0.29) is 5.78 Å². The Morgan fingerprint density at radius 3 is 3.00 bits per heavy atom. The minimum atomic E-state index is 0.0824. The first-order valence-electron chi connectivity index (χ1n) is 5.22. The van der Waals surface area contributed by atoms with Gasteiger partial charge in [-0.15, -0.1) is 0 Å². The summed E-state index contributed by atoms with van der Waals surface area (Å²) < 4.78 is 6.71. The highest BCUT2D eigenvalue weighted by atomic mass is 32.1. The second-order valence-electron chi connectivity index (χ2n) is 3.61. The van der Waals surface area contributed by atoms with Gasteiger partial charge in [0.2, 0.25) is 0 Å². The lowest BCUT2D eigenvalue weighted by molar-refractivity contribution is 0.104. The Bertz CT molecular complexity index is 608. The zero-order valence-corrected chi connectivity index (χ0v) is 9.64. The Hall–Kier alpha value is -1.61. The molecule has 0 radical (unpaired) electrons. The predicted octanol–water partition coefficient (Wildman–Crippen LogP) is 3.51. The van der Waals surface area contributed by atoms with Crippen molar-refractivity contribution in [2.45, 2.75) is 6.92 Å². The van der Waals surface area contributed by atoms with E-state index in [1.54, 1.807) is 17.4 Å². The van der Waals surface area contributed by atoms with Crippen LogP contribution in [0.25, 0.3) is 16.2 Å². The lowest BCUT2D eigenvalue weighted by atomic mass is 9.97. The van der Waals surface area contributed by atoms with Gasteiger partial charge in [-0.25, -0.2) is 0 Å². The van der Waals surface area contributed by atoms with Crippen molar-refractivity contribution < 1.29 is 9.53 Å². The molecule has 0 bridgehead atoms. The molecule has 0 spiro atoms. The minimum Gasteiger partial charge on any atom is -0.484 e. The van der Waals surface area contributed by atoms with Crippen molar-refractivity contribution >= 4 is 33.3 Å². The number of hydrogen-bond donors (Lipinski definition) is 0. The number of ketones is 1. The van der Waals surface area contributed by atoms with E-state index in [0.717, 1.165) is 26.3 Å². The summed E-state index contributed by atoms with van der Waals surface area (Å²) in [7, 11) is 0. The fourth-order valence-electron chi connectivity index (χ4n) is 1.99. The number of carbonyl (C=O) groups excluding carboxylic acids is 1. The van der Waals surface area contributed by atoms with Crippen molar-refractivity contribution in [2.24, 2.45) is 0 Å². The number of rotatable bonds is 2. The molecule has 3 heteroatoms. The van der Waals surface area contributed by atoms with Crippen LogP contribution in [0.5, 0.6) is 5.06 Å². The zero-order valence-electron chi connectivity index (χ0n) is 8.82. The normalized spacial score (nSPS) is 13.4. The summed E-state index contributed by atoms with van der Waals surface area (Å²) in [5, 5.41) is 1.96. The average Bonchev–Trinajstić information content (AvgIpc) is 2.64. The van der Waals surface area contributed by atoms with Gasteiger partial charge in [0, 0.05) is 21.2 Å². The van der Waals surface area contributed by atoms with Gasteiger partial charge in [-0.3, -0.25) is 4.79 Å². The standard InChI is InChI=1S/C13H10O2S/c1-2-15-13-9-6-7-10(14)8-4-3-5-11(16-13)12(8)9/h3-7H,2H2,1H3. The summed E-state index contributed by atoms with van der Waals surface area (Å²) in [6.45, 7) is 2.62. The molecule has 1 aromatic carbocycles. The van der Waals surface area contributed by atoms with Gasteiger partial charge >= 0.3 is 0 Å². The second-order valence-corrected chi connectivity index (χ2v) is 4.63. The summed E-state index contributed by atoms with van der Waals surface area (Å²) in [5.74, 6) is 0.0824. The van der Waals surface area contributed by atoms with Crippen molar-refractivity contribution in [3.63, 3.8) is 0 Å². The third-order valence-electron chi connectivity index (χ3n) is 2.66. The fourth-order valence-corrected chi connectivity index (χ4v) is 3.12. The molecule has 0 aliphatic heterocycles. The van der Waals surface area contributed by atoms with Gasteiger partial charge in [0.05, 0.1) is 6.61 Å². The number of ether oxygens (including phenoxy) is 1. The molecule has 1 aromatic heterocycles. The number of allylic oxidation sites excluding steroid dienone is 1. The molecule has 0 saturated heterocycles. The maximum atomic E-state index is 11.7. The van der Waals surface area contributed by atoms with E-state index in [1.807, 2.05) is 31.2 Å². The van der Waals surface area contributed by atoms with Crippen molar-refractivity contribution in [3.8, 4) is 5.06 Å². The quantitative estimate of drug-likeness (QED) is 0.789. The first kappa shape index (κ1) is 9.60. The van der Waals surface area contributed by atoms with Crippen LogP contribution in [0.15, 0.2) is 24.3 Å². The van der Waals surface area contributed by atoms with E-state index >= 15 is 0 Å². The van der Waals surface area contributed by atoms with E-state index in [0.29, 0.717) is 6.61 Å². The van der Waals surface area contributed by atoms with Crippen LogP contribution in [-0.2, 0) is 0 Å². The van der Waals surface area contributed by atoms with Gasteiger partial charge in [0.1, 0.15) is 0 Å². The van der Waals surface area contributed by atoms with Gasteiger partial charge < -0.3 is 4.74 Å². The van der Waals surface area contributed by atoms with Crippen LogP contribution >= 0.6 is 11.3 Å². The lowest BCUT2D eigenvalue weighted by Gasteiger charge is -2.06. The molecule has 16 heavy (non-hydrogen) atoms. The lowest BCUT2D eigenvalue weighted by Crippen LogP contribution is -2.00. The molecule has 0 amide bonds. The van der Waals surface area contributed by atoms with Crippen molar-refractivity contribution in [1.82, 2.24) is 0 Å². The Morgan fingerprint density at radius 2 is 2.19 bits per heavy atom. The maximum absolute atomic E-state index is 11.7. The molecule has 3 rings (SSSR count). The molecule has 1 aliphatic carbocycles. The second kappa shape index (κ2) is 3.46. The fraction of sp³-hybridized carbons (Fsp3) is 0.154. The molecule has 2 aromatic rings. The molecule has 0 fully saturated rings. The monoisotopic (exact) mass is 230 g/mol. The molecule has 0 saturated carbocycles. The SMILES string of the molecule is CCOc1sc2cccc3c2c1C=CC3=O. The van der Waals surface area contributed by atoms with Crippen LogP contribution in [0.4, 0.5) is 0 Å². The molecular weight excluding hydrogens is 220 g/mol. The molecule has 2 nitrogen and oxygen atoms in total. The van der Waals surface area contributed by atoms with E-state index in [2.05, 4.69) is 0 Å². The van der Waals surface area contributed by atoms with E-state index in [9.17, 15) is 4.79 Å². The van der Waals surface area contributed by atoms with Gasteiger partial charge in [0.25, 0.3) is 0 Å². The third kappa shape index (κ3) is 1.21. The van der Waals surface area contributed by atoms with Crippen LogP contribution in [0.1, 0.15) is 22.8 Å². The first-order chi connectivity index (χ1) is 7.81. The molecule has 0 unspecified atom stereocenters. The molecule has 1 aliphatic rings. The van der Waals surface area contributed by atoms with Crippen molar-refractivity contribution in [2.75, 3.05) is 6.61 Å². The first-order valence-corrected chi connectivity index (χ1v) is 6.03. The number of thiophene rings is 1. The van der Waals surface area contributed by atoms with Gasteiger partial charge in [0.15, 0.2) is 10.8 Å². The molecule has 0 N–H and O–H groups in total. The van der Waals surface area contributed by atoms with Gasteiger partial charge in [-0.2, -0.15) is 0 Å². The van der Waals surface area contributed by atoms with Crippen LogP contribution in [0, 0.1) is 0 Å². The highest BCUT2D eigenvalue weighted by Gasteiger charge is 2.20. The highest BCUT2D eigenvalue weighted by molar-refractivity contribution is 7.21. The average molecular weight is 230 g/mol. The Kier molecular flexibility index (Phi) is 2.07. The Balaban J connectivity index is 2.37. The molecule has 0 atom stereocenters.